The second-order valence-electron chi connectivity index (χ2n) is 4.29. The van der Waals surface area contributed by atoms with E-state index < -0.39 is 0 Å². The molecule has 2 rings (SSSR count). The minimum atomic E-state index is -0.305. The van der Waals surface area contributed by atoms with Gasteiger partial charge in [-0.25, -0.2) is 0 Å². The topological polar surface area (TPSA) is 29.5 Å². The van der Waals surface area contributed by atoms with E-state index in [0.717, 1.165) is 30.8 Å². The summed E-state index contributed by atoms with van der Waals surface area (Å²) >= 11 is 0. The first-order valence-corrected chi connectivity index (χ1v) is 5.67. The van der Waals surface area contributed by atoms with Crippen LogP contribution in [-0.2, 0) is 0 Å². The van der Waals surface area contributed by atoms with E-state index in [2.05, 4.69) is 19.9 Å². The zero-order chi connectivity index (χ0) is 10.8. The summed E-state index contributed by atoms with van der Waals surface area (Å²) in [4.78, 5) is 0. The molecule has 1 aromatic carbocycles. The van der Waals surface area contributed by atoms with Gasteiger partial charge in [0.15, 0.2) is 0 Å². The molecule has 0 spiro atoms. The van der Waals surface area contributed by atoms with Crippen LogP contribution in [0.5, 0.6) is 5.75 Å². The molecule has 1 aliphatic carbocycles. The smallest absolute Gasteiger partial charge is 0.119 e. The Morgan fingerprint density at radius 1 is 1.40 bits per heavy atom. The van der Waals surface area contributed by atoms with Crippen molar-refractivity contribution in [3.63, 3.8) is 0 Å². The van der Waals surface area contributed by atoms with Crippen LogP contribution < -0.4 is 4.74 Å². The lowest BCUT2D eigenvalue weighted by Crippen LogP contribution is -1.97. The molecule has 2 atom stereocenters. The summed E-state index contributed by atoms with van der Waals surface area (Å²) < 4.78 is 5.55. The van der Waals surface area contributed by atoms with Gasteiger partial charge >= 0.3 is 0 Å². The molecule has 0 radical (unpaired) electrons. The molecule has 0 aliphatic heterocycles. The highest BCUT2D eigenvalue weighted by atomic mass is 16.5. The van der Waals surface area contributed by atoms with Crippen molar-refractivity contribution in [3.05, 3.63) is 29.3 Å². The van der Waals surface area contributed by atoms with E-state index in [4.69, 9.17) is 4.74 Å². The van der Waals surface area contributed by atoms with E-state index in [1.165, 1.54) is 5.56 Å². The molecule has 2 nitrogen and oxygen atoms in total. The summed E-state index contributed by atoms with van der Waals surface area (Å²) in [6, 6.07) is 6.07. The fourth-order valence-electron chi connectivity index (χ4n) is 2.19. The Morgan fingerprint density at radius 2 is 2.20 bits per heavy atom. The van der Waals surface area contributed by atoms with Gasteiger partial charge in [0.05, 0.1) is 12.7 Å². The van der Waals surface area contributed by atoms with Crippen LogP contribution in [0.1, 0.15) is 49.8 Å². The van der Waals surface area contributed by atoms with Crippen molar-refractivity contribution in [3.8, 4) is 5.75 Å². The quantitative estimate of drug-likeness (QED) is 0.823. The Kier molecular flexibility index (Phi) is 2.96. The average Bonchev–Trinajstić information content (AvgIpc) is 2.52. The Bertz CT molecular complexity index is 346. The predicted molar refractivity (Wildman–Crippen MR) is 60.2 cm³/mol. The van der Waals surface area contributed by atoms with Crippen LogP contribution in [0.2, 0.25) is 0 Å². The van der Waals surface area contributed by atoms with Crippen molar-refractivity contribution >= 4 is 0 Å². The molecule has 1 aromatic rings. The lowest BCUT2D eigenvalue weighted by molar-refractivity contribution is 0.174. The Balaban J connectivity index is 2.22. The molecule has 1 aliphatic rings. The standard InChI is InChI=1S/C13H18O2/c1-3-6-15-10-4-5-11-9(2)7-13(14)12(11)8-10/h4-5,8-9,13-14H,3,6-7H2,1-2H3. The number of benzene rings is 1. The van der Waals surface area contributed by atoms with E-state index >= 15 is 0 Å². The highest BCUT2D eigenvalue weighted by molar-refractivity contribution is 5.42. The molecule has 1 N–H and O–H groups in total. The van der Waals surface area contributed by atoms with Crippen LogP contribution in [0, 0.1) is 0 Å². The van der Waals surface area contributed by atoms with Crippen molar-refractivity contribution < 1.29 is 9.84 Å². The molecule has 0 amide bonds. The van der Waals surface area contributed by atoms with Gasteiger partial charge in [-0.2, -0.15) is 0 Å². The summed E-state index contributed by atoms with van der Waals surface area (Å²) in [5.74, 6) is 1.35. The number of hydrogen-bond donors (Lipinski definition) is 1. The van der Waals surface area contributed by atoms with Crippen molar-refractivity contribution in [1.82, 2.24) is 0 Å². The third-order valence-corrected chi connectivity index (χ3v) is 3.00. The molecule has 0 fully saturated rings. The zero-order valence-corrected chi connectivity index (χ0v) is 9.36. The number of aliphatic hydroxyl groups is 1. The first-order chi connectivity index (χ1) is 7.22. The van der Waals surface area contributed by atoms with E-state index in [0.29, 0.717) is 5.92 Å². The Morgan fingerprint density at radius 3 is 2.93 bits per heavy atom. The molecule has 0 saturated heterocycles. The van der Waals surface area contributed by atoms with Gasteiger partial charge in [0.1, 0.15) is 5.75 Å². The van der Waals surface area contributed by atoms with Crippen LogP contribution in [0.3, 0.4) is 0 Å². The molecule has 15 heavy (non-hydrogen) atoms. The van der Waals surface area contributed by atoms with Crippen molar-refractivity contribution in [2.75, 3.05) is 6.61 Å². The highest BCUT2D eigenvalue weighted by Gasteiger charge is 2.26. The Hall–Kier alpha value is -1.02. The minimum Gasteiger partial charge on any atom is -0.494 e. The van der Waals surface area contributed by atoms with Crippen molar-refractivity contribution in [1.29, 1.82) is 0 Å². The summed E-state index contributed by atoms with van der Waals surface area (Å²) in [5, 5.41) is 9.85. The maximum absolute atomic E-state index is 9.85. The molecule has 2 unspecified atom stereocenters. The van der Waals surface area contributed by atoms with Crippen LogP contribution >= 0.6 is 0 Å². The van der Waals surface area contributed by atoms with E-state index in [9.17, 15) is 5.11 Å². The number of fused-ring (bicyclic) bond motifs is 1. The van der Waals surface area contributed by atoms with Gasteiger partial charge in [0.2, 0.25) is 0 Å². The normalized spacial score (nSPS) is 23.9. The molecule has 0 heterocycles. The minimum absolute atomic E-state index is 0.305. The molecule has 82 valence electrons. The largest absolute Gasteiger partial charge is 0.494 e. The third kappa shape index (κ3) is 2.00. The first kappa shape index (κ1) is 10.5. The van der Waals surface area contributed by atoms with Crippen LogP contribution in [-0.4, -0.2) is 11.7 Å². The molecular formula is C13H18O2. The van der Waals surface area contributed by atoms with Gasteiger partial charge in [-0.1, -0.05) is 19.9 Å². The van der Waals surface area contributed by atoms with Gasteiger partial charge in [-0.05, 0) is 42.0 Å². The van der Waals surface area contributed by atoms with Crippen molar-refractivity contribution in [2.45, 2.75) is 38.7 Å². The van der Waals surface area contributed by atoms with E-state index in [-0.39, 0.29) is 6.10 Å². The third-order valence-electron chi connectivity index (χ3n) is 3.00. The monoisotopic (exact) mass is 206 g/mol. The van der Waals surface area contributed by atoms with Gasteiger partial charge in [0.25, 0.3) is 0 Å². The average molecular weight is 206 g/mol. The highest BCUT2D eigenvalue weighted by Crippen LogP contribution is 2.41. The lowest BCUT2D eigenvalue weighted by Gasteiger charge is -2.09. The van der Waals surface area contributed by atoms with Crippen molar-refractivity contribution in [2.24, 2.45) is 0 Å². The molecule has 0 aromatic heterocycles. The number of ether oxygens (including phenoxy) is 1. The summed E-state index contributed by atoms with van der Waals surface area (Å²) in [5.41, 5.74) is 2.32. The summed E-state index contributed by atoms with van der Waals surface area (Å²) in [6.45, 7) is 4.98. The lowest BCUT2D eigenvalue weighted by atomic mass is 10.0. The van der Waals surface area contributed by atoms with Gasteiger partial charge in [-0.3, -0.25) is 0 Å². The maximum atomic E-state index is 9.85. The fourth-order valence-corrected chi connectivity index (χ4v) is 2.19. The van der Waals surface area contributed by atoms with Gasteiger partial charge in [0, 0.05) is 0 Å². The number of hydrogen-bond acceptors (Lipinski definition) is 2. The first-order valence-electron chi connectivity index (χ1n) is 5.67. The SMILES string of the molecule is CCCOc1ccc2c(c1)C(O)CC2C. The summed E-state index contributed by atoms with van der Waals surface area (Å²) in [7, 11) is 0. The summed E-state index contributed by atoms with van der Waals surface area (Å²) in [6.07, 6.45) is 1.54. The molecule has 2 heteroatoms. The van der Waals surface area contributed by atoms with Crippen LogP contribution in [0.15, 0.2) is 18.2 Å². The maximum Gasteiger partial charge on any atom is 0.119 e. The van der Waals surface area contributed by atoms with Gasteiger partial charge < -0.3 is 9.84 Å². The van der Waals surface area contributed by atoms with Gasteiger partial charge in [-0.15, -0.1) is 0 Å². The van der Waals surface area contributed by atoms with E-state index in [1.807, 2.05) is 12.1 Å². The van der Waals surface area contributed by atoms with Crippen LogP contribution in [0.25, 0.3) is 0 Å². The predicted octanol–water partition coefficient (Wildman–Crippen LogP) is 3.02. The molecular weight excluding hydrogens is 188 g/mol. The Labute approximate surface area is 90.9 Å². The van der Waals surface area contributed by atoms with Crippen LogP contribution in [0.4, 0.5) is 0 Å². The van der Waals surface area contributed by atoms with E-state index in [1.54, 1.807) is 0 Å². The number of aliphatic hydroxyl groups excluding tert-OH is 1. The molecule has 0 bridgehead atoms. The fraction of sp³-hybridized carbons (Fsp3) is 0.538. The molecule has 0 saturated carbocycles. The second-order valence-corrected chi connectivity index (χ2v) is 4.29. The zero-order valence-electron chi connectivity index (χ0n) is 9.36. The second kappa shape index (κ2) is 4.23. The number of rotatable bonds is 3.